The maximum absolute atomic E-state index is 10.6. The molecule has 0 saturated carbocycles. The van der Waals surface area contributed by atoms with Crippen molar-refractivity contribution in [2.24, 2.45) is 0 Å². The van der Waals surface area contributed by atoms with Gasteiger partial charge in [0.25, 0.3) is 0 Å². The van der Waals surface area contributed by atoms with Gasteiger partial charge in [0.2, 0.25) is 0 Å². The molecule has 1 rings (SSSR count). The lowest BCUT2D eigenvalue weighted by atomic mass is 10.3. The molecule has 0 spiro atoms. The van der Waals surface area contributed by atoms with Crippen LogP contribution in [0.25, 0.3) is 0 Å². The Morgan fingerprint density at radius 1 is 1.47 bits per heavy atom. The minimum atomic E-state index is -0.869. The van der Waals surface area contributed by atoms with Crippen LogP contribution in [0, 0.1) is 0 Å². The summed E-state index contributed by atoms with van der Waals surface area (Å²) in [6.45, 7) is 4.04. The van der Waals surface area contributed by atoms with Gasteiger partial charge in [-0.1, -0.05) is 17.7 Å². The molecule has 80 valence electrons. The molecule has 15 heavy (non-hydrogen) atoms. The number of carboxylic acids is 1. The van der Waals surface area contributed by atoms with E-state index >= 15 is 0 Å². The molecule has 0 unspecified atom stereocenters. The molecule has 0 atom stereocenters. The van der Waals surface area contributed by atoms with E-state index in [1.165, 1.54) is 0 Å². The first-order valence-corrected chi connectivity index (χ1v) is 4.84. The lowest BCUT2D eigenvalue weighted by Gasteiger charge is -2.20. The number of carboxylic acid groups (broad SMARTS) is 1. The number of rotatable bonds is 5. The molecule has 1 aromatic carbocycles. The summed E-state index contributed by atoms with van der Waals surface area (Å²) in [5, 5.41) is 9.36. The van der Waals surface area contributed by atoms with E-state index in [1.807, 2.05) is 0 Å². The first-order valence-electron chi connectivity index (χ1n) is 4.46. The zero-order valence-corrected chi connectivity index (χ0v) is 8.94. The average molecular weight is 226 g/mol. The smallest absolute Gasteiger partial charge is 0.323 e. The van der Waals surface area contributed by atoms with Gasteiger partial charge in [0.15, 0.2) is 0 Å². The molecule has 0 radical (unpaired) electrons. The van der Waals surface area contributed by atoms with Crippen molar-refractivity contribution in [3.8, 4) is 0 Å². The normalized spacial score (nSPS) is 9.67. The third-order valence-corrected chi connectivity index (χ3v) is 2.12. The molecule has 1 N–H and O–H groups in total. The number of anilines is 1. The molecule has 1 aromatic rings. The van der Waals surface area contributed by atoms with E-state index in [0.717, 1.165) is 5.69 Å². The van der Waals surface area contributed by atoms with Crippen molar-refractivity contribution in [2.75, 3.05) is 18.0 Å². The molecule has 0 amide bonds. The molecule has 4 heteroatoms. The molecule has 0 aliphatic carbocycles. The molecule has 0 saturated heterocycles. The van der Waals surface area contributed by atoms with Gasteiger partial charge >= 0.3 is 5.97 Å². The van der Waals surface area contributed by atoms with E-state index in [4.69, 9.17) is 16.7 Å². The standard InChI is InChI=1S/C11H12ClNO2/c1-2-7-13(8-11(14)15)10-5-3-9(12)4-6-10/h2-6H,1,7-8H2,(H,14,15). The van der Waals surface area contributed by atoms with E-state index in [0.29, 0.717) is 11.6 Å². The Balaban J connectivity index is 2.83. The summed E-state index contributed by atoms with van der Waals surface area (Å²) in [6.07, 6.45) is 1.66. The number of nitrogens with zero attached hydrogens (tertiary/aromatic N) is 1. The Morgan fingerprint density at radius 3 is 2.53 bits per heavy atom. The Hall–Kier alpha value is -1.48. The summed E-state index contributed by atoms with van der Waals surface area (Å²) in [4.78, 5) is 12.3. The maximum atomic E-state index is 10.6. The highest BCUT2D eigenvalue weighted by molar-refractivity contribution is 6.30. The van der Waals surface area contributed by atoms with Crippen LogP contribution < -0.4 is 4.90 Å². The number of carbonyl (C=O) groups is 1. The molecular weight excluding hydrogens is 214 g/mol. The topological polar surface area (TPSA) is 40.5 Å². The summed E-state index contributed by atoms with van der Waals surface area (Å²) in [7, 11) is 0. The second kappa shape index (κ2) is 5.41. The zero-order valence-electron chi connectivity index (χ0n) is 8.19. The van der Waals surface area contributed by atoms with Gasteiger partial charge in [-0.2, -0.15) is 0 Å². The van der Waals surface area contributed by atoms with E-state index in [1.54, 1.807) is 35.2 Å². The monoisotopic (exact) mass is 225 g/mol. The first kappa shape index (κ1) is 11.6. The molecule has 0 bridgehead atoms. The summed E-state index contributed by atoms with van der Waals surface area (Å²) in [5.41, 5.74) is 0.821. The van der Waals surface area contributed by atoms with E-state index in [-0.39, 0.29) is 6.54 Å². The van der Waals surface area contributed by atoms with Crippen LogP contribution in [0.15, 0.2) is 36.9 Å². The van der Waals surface area contributed by atoms with Gasteiger partial charge < -0.3 is 10.0 Å². The van der Waals surface area contributed by atoms with Crippen LogP contribution in [0.4, 0.5) is 5.69 Å². The van der Waals surface area contributed by atoms with E-state index < -0.39 is 5.97 Å². The molecular formula is C11H12ClNO2. The van der Waals surface area contributed by atoms with E-state index in [2.05, 4.69) is 6.58 Å². The third-order valence-electron chi connectivity index (χ3n) is 1.87. The van der Waals surface area contributed by atoms with Crippen molar-refractivity contribution in [1.29, 1.82) is 0 Å². The molecule has 0 aliphatic rings. The highest BCUT2D eigenvalue weighted by Crippen LogP contribution is 2.17. The van der Waals surface area contributed by atoms with Gasteiger partial charge in [-0.3, -0.25) is 4.79 Å². The maximum Gasteiger partial charge on any atom is 0.323 e. The summed E-state index contributed by atoms with van der Waals surface area (Å²) in [6, 6.07) is 7.03. The van der Waals surface area contributed by atoms with Crippen LogP contribution in [0.3, 0.4) is 0 Å². The minimum absolute atomic E-state index is 0.0480. The van der Waals surface area contributed by atoms with Crippen molar-refractivity contribution >= 4 is 23.3 Å². The molecule has 0 aliphatic heterocycles. The van der Waals surface area contributed by atoms with Gasteiger partial charge in [-0.25, -0.2) is 0 Å². The van der Waals surface area contributed by atoms with Gasteiger partial charge in [0.1, 0.15) is 6.54 Å². The fourth-order valence-corrected chi connectivity index (χ4v) is 1.36. The highest BCUT2D eigenvalue weighted by atomic mass is 35.5. The van der Waals surface area contributed by atoms with Crippen LogP contribution >= 0.6 is 11.6 Å². The number of halogens is 1. The van der Waals surface area contributed by atoms with Crippen molar-refractivity contribution in [2.45, 2.75) is 0 Å². The SMILES string of the molecule is C=CCN(CC(=O)O)c1ccc(Cl)cc1. The molecule has 0 fully saturated rings. The highest BCUT2D eigenvalue weighted by Gasteiger charge is 2.08. The largest absolute Gasteiger partial charge is 0.480 e. The van der Waals surface area contributed by atoms with Gasteiger partial charge in [-0.05, 0) is 24.3 Å². The second-order valence-electron chi connectivity index (χ2n) is 3.04. The van der Waals surface area contributed by atoms with Crippen molar-refractivity contribution in [1.82, 2.24) is 0 Å². The minimum Gasteiger partial charge on any atom is -0.480 e. The number of benzene rings is 1. The third kappa shape index (κ3) is 3.64. The Morgan fingerprint density at radius 2 is 2.07 bits per heavy atom. The summed E-state index contributed by atoms with van der Waals surface area (Å²) in [5.74, 6) is -0.869. The molecule has 3 nitrogen and oxygen atoms in total. The van der Waals surface area contributed by atoms with Crippen molar-refractivity contribution in [3.63, 3.8) is 0 Å². The van der Waals surface area contributed by atoms with Crippen LogP contribution in [-0.2, 0) is 4.79 Å². The fraction of sp³-hybridized carbons (Fsp3) is 0.182. The van der Waals surface area contributed by atoms with Gasteiger partial charge in [0, 0.05) is 17.3 Å². The number of hydrogen-bond acceptors (Lipinski definition) is 2. The summed E-state index contributed by atoms with van der Waals surface area (Å²) < 4.78 is 0. The van der Waals surface area contributed by atoms with Crippen LogP contribution in [0.2, 0.25) is 5.02 Å². The van der Waals surface area contributed by atoms with Crippen LogP contribution in [0.5, 0.6) is 0 Å². The van der Waals surface area contributed by atoms with Crippen molar-refractivity contribution in [3.05, 3.63) is 41.9 Å². The Labute approximate surface area is 93.6 Å². The number of hydrogen-bond donors (Lipinski definition) is 1. The van der Waals surface area contributed by atoms with Gasteiger partial charge in [-0.15, -0.1) is 6.58 Å². The average Bonchev–Trinajstić information content (AvgIpc) is 2.17. The zero-order chi connectivity index (χ0) is 11.3. The second-order valence-corrected chi connectivity index (χ2v) is 3.48. The lowest BCUT2D eigenvalue weighted by molar-refractivity contribution is -0.135. The van der Waals surface area contributed by atoms with Crippen LogP contribution in [0.1, 0.15) is 0 Å². The van der Waals surface area contributed by atoms with Gasteiger partial charge in [0.05, 0.1) is 0 Å². The lowest BCUT2D eigenvalue weighted by Crippen LogP contribution is -2.29. The number of aliphatic carboxylic acids is 1. The predicted molar refractivity (Wildman–Crippen MR) is 61.5 cm³/mol. The van der Waals surface area contributed by atoms with E-state index in [9.17, 15) is 4.79 Å². The molecule has 0 heterocycles. The molecule has 0 aromatic heterocycles. The predicted octanol–water partition coefficient (Wildman–Crippen LogP) is 2.42. The summed E-state index contributed by atoms with van der Waals surface area (Å²) >= 11 is 5.74. The van der Waals surface area contributed by atoms with Crippen LogP contribution in [-0.4, -0.2) is 24.2 Å². The fourth-order valence-electron chi connectivity index (χ4n) is 1.23. The quantitative estimate of drug-likeness (QED) is 0.783. The van der Waals surface area contributed by atoms with Crippen molar-refractivity contribution < 1.29 is 9.90 Å². The Bertz CT molecular complexity index is 348. The Kier molecular flexibility index (Phi) is 4.18. The first-order chi connectivity index (χ1) is 7.13.